The maximum absolute atomic E-state index is 13.6. The van der Waals surface area contributed by atoms with E-state index in [0.29, 0.717) is 74.4 Å². The van der Waals surface area contributed by atoms with E-state index in [4.69, 9.17) is 23.7 Å². The number of benzene rings is 3. The molecule has 1 atom stereocenters. The number of amides is 2. The molecule has 12 nitrogen and oxygen atoms in total. The minimum Gasteiger partial charge on any atom is -0.493 e. The van der Waals surface area contributed by atoms with Gasteiger partial charge in [-0.1, -0.05) is 30.3 Å². The SMILES string of the molecule is COc1ccc2cc1OCCCN(Cc1cc(OC)c3c(c1)OCO3)CC(=O)N[C@@H](Cc1ccccc1)C(=O)NCCn1ccnc1-2. The van der Waals surface area contributed by atoms with Crippen LogP contribution in [-0.2, 0) is 29.1 Å². The Labute approximate surface area is 273 Å². The van der Waals surface area contributed by atoms with Gasteiger partial charge in [0.05, 0.1) is 27.4 Å². The summed E-state index contributed by atoms with van der Waals surface area (Å²) < 4.78 is 30.5. The molecule has 0 spiro atoms. The number of rotatable bonds is 6. The summed E-state index contributed by atoms with van der Waals surface area (Å²) in [5, 5.41) is 6.03. The van der Waals surface area contributed by atoms with E-state index in [2.05, 4.69) is 15.6 Å². The summed E-state index contributed by atoms with van der Waals surface area (Å²) >= 11 is 0. The van der Waals surface area contributed by atoms with Gasteiger partial charge in [0.25, 0.3) is 0 Å². The highest BCUT2D eigenvalue weighted by Gasteiger charge is 2.25. The summed E-state index contributed by atoms with van der Waals surface area (Å²) in [5.41, 5.74) is 2.71. The van der Waals surface area contributed by atoms with Gasteiger partial charge in [-0.05, 0) is 47.9 Å². The van der Waals surface area contributed by atoms with Gasteiger partial charge in [0.1, 0.15) is 11.9 Å². The lowest BCUT2D eigenvalue weighted by Crippen LogP contribution is -2.51. The van der Waals surface area contributed by atoms with Crippen LogP contribution in [0.4, 0.5) is 0 Å². The Bertz CT molecular complexity index is 1690. The average Bonchev–Trinajstić information content (AvgIpc) is 3.76. The van der Waals surface area contributed by atoms with E-state index in [-0.39, 0.29) is 25.2 Å². The molecular formula is C35H39N5O7. The summed E-state index contributed by atoms with van der Waals surface area (Å²) in [6.07, 6.45) is 4.58. The second kappa shape index (κ2) is 14.9. The van der Waals surface area contributed by atoms with Gasteiger partial charge in [-0.25, -0.2) is 4.98 Å². The monoisotopic (exact) mass is 641 g/mol. The van der Waals surface area contributed by atoms with Crippen LogP contribution in [-0.4, -0.2) is 79.6 Å². The summed E-state index contributed by atoms with van der Waals surface area (Å²) in [5.74, 6) is 3.17. The number of carbonyl (C=O) groups excluding carboxylic acids is 2. The van der Waals surface area contributed by atoms with Crippen LogP contribution in [0.5, 0.6) is 28.7 Å². The van der Waals surface area contributed by atoms with Gasteiger partial charge in [-0.2, -0.15) is 0 Å². The van der Waals surface area contributed by atoms with E-state index >= 15 is 0 Å². The predicted molar refractivity (Wildman–Crippen MR) is 174 cm³/mol. The van der Waals surface area contributed by atoms with Gasteiger partial charge >= 0.3 is 0 Å². The number of ether oxygens (including phenoxy) is 5. The Hall–Kier alpha value is -5.23. The second-order valence-corrected chi connectivity index (χ2v) is 11.4. The molecule has 47 heavy (non-hydrogen) atoms. The fraction of sp³-hybridized carbons (Fsp3) is 0.343. The van der Waals surface area contributed by atoms with Crippen molar-refractivity contribution in [3.05, 3.63) is 84.2 Å². The Morgan fingerprint density at radius 2 is 1.77 bits per heavy atom. The first-order valence-corrected chi connectivity index (χ1v) is 15.6. The van der Waals surface area contributed by atoms with Gasteiger partial charge in [0.2, 0.25) is 24.4 Å². The highest BCUT2D eigenvalue weighted by Crippen LogP contribution is 2.42. The summed E-state index contributed by atoms with van der Waals surface area (Å²) in [6.45, 7) is 2.37. The molecule has 0 aliphatic carbocycles. The topological polar surface area (TPSA) is 125 Å². The minimum absolute atomic E-state index is 0.0620. The lowest BCUT2D eigenvalue weighted by Gasteiger charge is -2.25. The van der Waals surface area contributed by atoms with E-state index in [1.807, 2.05) is 76.3 Å². The Morgan fingerprint density at radius 3 is 2.60 bits per heavy atom. The van der Waals surface area contributed by atoms with Gasteiger partial charge in [-0.3, -0.25) is 14.5 Å². The van der Waals surface area contributed by atoms with Crippen LogP contribution in [0.25, 0.3) is 11.4 Å². The zero-order chi connectivity index (χ0) is 32.6. The molecule has 6 rings (SSSR count). The van der Waals surface area contributed by atoms with Crippen molar-refractivity contribution in [3.63, 3.8) is 0 Å². The molecule has 4 aromatic rings. The summed E-state index contributed by atoms with van der Waals surface area (Å²) in [7, 11) is 3.19. The van der Waals surface area contributed by atoms with E-state index in [1.54, 1.807) is 20.4 Å². The molecule has 0 unspecified atom stereocenters. The number of fused-ring (bicyclic) bond motifs is 5. The zero-order valence-corrected chi connectivity index (χ0v) is 26.6. The van der Waals surface area contributed by atoms with Crippen LogP contribution in [0.15, 0.2) is 73.1 Å². The molecule has 0 fully saturated rings. The van der Waals surface area contributed by atoms with Crippen LogP contribution < -0.4 is 34.3 Å². The van der Waals surface area contributed by atoms with Gasteiger partial charge in [-0.15, -0.1) is 0 Å². The van der Waals surface area contributed by atoms with E-state index < -0.39 is 6.04 Å². The lowest BCUT2D eigenvalue weighted by molar-refractivity contribution is -0.129. The number of carbonyl (C=O) groups is 2. The first kappa shape index (κ1) is 31.7. The standard InChI is InChI=1S/C35H39N5O7/c1-43-28-10-9-26-20-29(28)45-16-6-13-39(21-25-18-30(44-2)33-31(19-25)46-23-47-33)22-32(41)38-27(17-24-7-4-3-5-8-24)35(42)37-12-15-40-14-11-36-34(26)40/h3-5,7-11,14,18-20,27H,6,12-13,15-17,21-23H2,1-2H3,(H,37,42)(H,38,41)/t27-/m0/s1. The first-order valence-electron chi connectivity index (χ1n) is 15.6. The van der Waals surface area contributed by atoms with Crippen LogP contribution >= 0.6 is 0 Å². The molecule has 3 aromatic carbocycles. The van der Waals surface area contributed by atoms with Crippen molar-refractivity contribution in [1.29, 1.82) is 0 Å². The number of methoxy groups -OCH3 is 2. The first-order chi connectivity index (χ1) is 23.0. The highest BCUT2D eigenvalue weighted by molar-refractivity contribution is 5.88. The molecular weight excluding hydrogens is 602 g/mol. The summed E-state index contributed by atoms with van der Waals surface area (Å²) in [6, 6.07) is 18.4. The van der Waals surface area contributed by atoms with Crippen molar-refractivity contribution in [1.82, 2.24) is 25.1 Å². The molecule has 12 heteroatoms. The van der Waals surface area contributed by atoms with Crippen molar-refractivity contribution in [2.24, 2.45) is 0 Å². The third kappa shape index (κ3) is 7.78. The van der Waals surface area contributed by atoms with Crippen molar-refractivity contribution in [3.8, 4) is 40.1 Å². The molecule has 2 aliphatic rings. The molecule has 0 radical (unpaired) electrons. The van der Waals surface area contributed by atoms with E-state index in [1.165, 1.54) is 0 Å². The Morgan fingerprint density at radius 1 is 0.915 bits per heavy atom. The average molecular weight is 642 g/mol. The number of nitrogens with one attached hydrogen (secondary N) is 2. The maximum Gasteiger partial charge on any atom is 0.242 e. The molecule has 0 saturated heterocycles. The molecule has 0 saturated carbocycles. The number of nitrogens with zero attached hydrogens (tertiary/aromatic N) is 3. The van der Waals surface area contributed by atoms with E-state index in [0.717, 1.165) is 22.5 Å². The van der Waals surface area contributed by atoms with Crippen LogP contribution in [0.3, 0.4) is 0 Å². The second-order valence-electron chi connectivity index (χ2n) is 11.4. The van der Waals surface area contributed by atoms with Gasteiger partial charge in [0.15, 0.2) is 23.0 Å². The van der Waals surface area contributed by atoms with Crippen LogP contribution in [0.2, 0.25) is 0 Å². The molecule has 2 aliphatic heterocycles. The zero-order valence-electron chi connectivity index (χ0n) is 26.6. The quantitative estimate of drug-likeness (QED) is 0.326. The summed E-state index contributed by atoms with van der Waals surface area (Å²) in [4.78, 5) is 33.7. The normalized spacial score (nSPS) is 17.4. The third-order valence-electron chi connectivity index (χ3n) is 8.09. The van der Waals surface area contributed by atoms with Crippen LogP contribution in [0, 0.1) is 0 Å². The fourth-order valence-electron chi connectivity index (χ4n) is 5.82. The van der Waals surface area contributed by atoms with Gasteiger partial charge < -0.3 is 38.9 Å². The number of aromatic nitrogens is 2. The lowest BCUT2D eigenvalue weighted by atomic mass is 10.1. The maximum atomic E-state index is 13.6. The van der Waals surface area contributed by atoms with Crippen molar-refractivity contribution in [2.75, 3.05) is 47.3 Å². The highest BCUT2D eigenvalue weighted by atomic mass is 16.7. The molecule has 2 bridgehead atoms. The molecule has 2 N–H and O–H groups in total. The van der Waals surface area contributed by atoms with Crippen molar-refractivity contribution >= 4 is 11.8 Å². The smallest absolute Gasteiger partial charge is 0.242 e. The minimum atomic E-state index is -0.758. The van der Waals surface area contributed by atoms with Crippen LogP contribution in [0.1, 0.15) is 17.5 Å². The number of hydrogen-bond acceptors (Lipinski definition) is 9. The predicted octanol–water partition coefficient (Wildman–Crippen LogP) is 3.42. The Balaban J connectivity index is 1.27. The number of hydrogen-bond donors (Lipinski definition) is 2. The fourth-order valence-corrected chi connectivity index (χ4v) is 5.82. The molecule has 246 valence electrons. The third-order valence-corrected chi connectivity index (χ3v) is 8.09. The van der Waals surface area contributed by atoms with Crippen molar-refractivity contribution in [2.45, 2.75) is 32.0 Å². The molecule has 1 aromatic heterocycles. The number of imidazole rings is 1. The molecule has 3 heterocycles. The van der Waals surface area contributed by atoms with E-state index in [9.17, 15) is 9.59 Å². The largest absolute Gasteiger partial charge is 0.493 e. The van der Waals surface area contributed by atoms with Gasteiger partial charge in [0, 0.05) is 50.6 Å². The molecule has 2 amide bonds. The Kier molecular flexibility index (Phi) is 10.1. The van der Waals surface area contributed by atoms with Crippen molar-refractivity contribution < 1.29 is 33.3 Å².